The third-order valence-corrected chi connectivity index (χ3v) is 3.84. The molecule has 0 N–H and O–H groups in total. The number of ether oxygens (including phenoxy) is 1. The molecule has 9 heteroatoms. The smallest absolute Gasteiger partial charge is 0.265 e. The maximum Gasteiger partial charge on any atom is 0.265 e. The number of rotatable bonds is 3. The van der Waals surface area contributed by atoms with Gasteiger partial charge in [0.1, 0.15) is 9.50 Å². The third-order valence-electron chi connectivity index (χ3n) is 1.62. The predicted octanol–water partition coefficient (Wildman–Crippen LogP) is 2.72. The van der Waals surface area contributed by atoms with Crippen molar-refractivity contribution in [2.45, 2.75) is 11.3 Å². The lowest BCUT2D eigenvalue weighted by molar-refractivity contribution is 0.147. The predicted molar refractivity (Wildman–Crippen MR) is 56.5 cm³/mol. The summed E-state index contributed by atoms with van der Waals surface area (Å²) < 4.78 is 51.8. The Labute approximate surface area is 103 Å². The monoisotopic (exact) mass is 335 g/mol. The molecule has 0 aliphatic heterocycles. The molecule has 1 aromatic rings. The first-order valence-electron chi connectivity index (χ1n) is 3.74. The van der Waals surface area contributed by atoms with Crippen molar-refractivity contribution in [3.8, 4) is 5.88 Å². The summed E-state index contributed by atoms with van der Waals surface area (Å²) in [5.74, 6) is -0.133. The van der Waals surface area contributed by atoms with Gasteiger partial charge in [0.15, 0.2) is 0 Å². The van der Waals surface area contributed by atoms with Crippen LogP contribution in [-0.4, -0.2) is 20.5 Å². The number of methoxy groups -OCH3 is 1. The van der Waals surface area contributed by atoms with Gasteiger partial charge in [0.05, 0.1) is 7.11 Å². The van der Waals surface area contributed by atoms with E-state index < -0.39 is 25.9 Å². The van der Waals surface area contributed by atoms with Crippen LogP contribution >= 0.6 is 26.6 Å². The minimum absolute atomic E-state index is 0.133. The first-order valence-corrected chi connectivity index (χ1v) is 6.85. The number of alkyl halides is 2. The SMILES string of the molecule is COc1cc(C(F)F)c(S(=O)(=O)Cl)c(Br)n1. The van der Waals surface area contributed by atoms with Crippen LogP contribution < -0.4 is 4.74 Å². The van der Waals surface area contributed by atoms with E-state index in [4.69, 9.17) is 10.7 Å². The van der Waals surface area contributed by atoms with Crippen molar-refractivity contribution in [1.82, 2.24) is 4.98 Å². The Morgan fingerprint density at radius 3 is 2.50 bits per heavy atom. The lowest BCUT2D eigenvalue weighted by Crippen LogP contribution is -2.03. The molecule has 90 valence electrons. The molecule has 0 aliphatic carbocycles. The second-order valence-corrected chi connectivity index (χ2v) is 5.87. The molecule has 0 atom stereocenters. The van der Waals surface area contributed by atoms with Crippen LogP contribution in [0.5, 0.6) is 5.88 Å². The number of hydrogen-bond donors (Lipinski definition) is 0. The van der Waals surface area contributed by atoms with E-state index in [2.05, 4.69) is 25.7 Å². The molecule has 4 nitrogen and oxygen atoms in total. The Balaban J connectivity index is 3.59. The topological polar surface area (TPSA) is 56.3 Å². The van der Waals surface area contributed by atoms with Gasteiger partial charge >= 0.3 is 0 Å². The van der Waals surface area contributed by atoms with E-state index in [1.807, 2.05) is 0 Å². The van der Waals surface area contributed by atoms with Gasteiger partial charge in [-0.25, -0.2) is 22.2 Å². The van der Waals surface area contributed by atoms with Crippen LogP contribution in [0, 0.1) is 0 Å². The summed E-state index contributed by atoms with van der Waals surface area (Å²) >= 11 is 2.75. The van der Waals surface area contributed by atoms with Crippen molar-refractivity contribution in [3.05, 3.63) is 16.2 Å². The molecule has 0 radical (unpaired) electrons. The fraction of sp³-hybridized carbons (Fsp3) is 0.286. The molecule has 0 unspecified atom stereocenters. The number of nitrogens with zero attached hydrogens (tertiary/aromatic N) is 1. The zero-order chi connectivity index (χ0) is 12.5. The molecular formula is C7H5BrClF2NO3S. The number of aromatic nitrogens is 1. The lowest BCUT2D eigenvalue weighted by atomic mass is 10.3. The van der Waals surface area contributed by atoms with E-state index in [0.717, 1.165) is 6.07 Å². The second-order valence-electron chi connectivity index (χ2n) is 2.61. The zero-order valence-corrected chi connectivity index (χ0v) is 10.9. The molecule has 0 aromatic carbocycles. The Kier molecular flexibility index (Phi) is 4.08. The lowest BCUT2D eigenvalue weighted by Gasteiger charge is -2.09. The van der Waals surface area contributed by atoms with Gasteiger partial charge in [-0.05, 0) is 15.9 Å². The van der Waals surface area contributed by atoms with Gasteiger partial charge < -0.3 is 4.74 Å². The van der Waals surface area contributed by atoms with E-state index in [-0.39, 0.29) is 10.5 Å². The molecule has 0 spiro atoms. The van der Waals surface area contributed by atoms with E-state index in [9.17, 15) is 17.2 Å². The molecule has 0 fully saturated rings. The van der Waals surface area contributed by atoms with Crippen molar-refractivity contribution in [2.75, 3.05) is 7.11 Å². The van der Waals surface area contributed by atoms with Gasteiger partial charge in [0, 0.05) is 22.3 Å². The van der Waals surface area contributed by atoms with Crippen molar-refractivity contribution in [1.29, 1.82) is 0 Å². The second kappa shape index (κ2) is 4.80. The molecule has 1 rings (SSSR count). The standard InChI is InChI=1S/C7H5BrClF2NO3S/c1-15-4-2-3(7(10)11)5(6(8)12-4)16(9,13)14/h2,7H,1H3. The summed E-state index contributed by atoms with van der Waals surface area (Å²) in [6.07, 6.45) is -3.00. The van der Waals surface area contributed by atoms with Crippen LogP contribution in [0.3, 0.4) is 0 Å². The molecule has 0 bridgehead atoms. The van der Waals surface area contributed by atoms with E-state index in [1.165, 1.54) is 7.11 Å². The summed E-state index contributed by atoms with van der Waals surface area (Å²) in [6, 6.07) is 0.824. The highest BCUT2D eigenvalue weighted by Crippen LogP contribution is 2.35. The maximum atomic E-state index is 12.6. The molecular weight excluding hydrogens is 332 g/mol. The average molecular weight is 337 g/mol. The van der Waals surface area contributed by atoms with Crippen LogP contribution in [0.25, 0.3) is 0 Å². The molecule has 1 heterocycles. The summed E-state index contributed by atoms with van der Waals surface area (Å²) in [5, 5.41) is 0. The normalized spacial score (nSPS) is 11.9. The first kappa shape index (κ1) is 13.6. The average Bonchev–Trinajstić information content (AvgIpc) is 2.14. The summed E-state index contributed by atoms with van der Waals surface area (Å²) in [4.78, 5) is 2.85. The quantitative estimate of drug-likeness (QED) is 0.629. The van der Waals surface area contributed by atoms with Crippen molar-refractivity contribution < 1.29 is 21.9 Å². The van der Waals surface area contributed by atoms with Crippen LogP contribution in [0.15, 0.2) is 15.6 Å². The van der Waals surface area contributed by atoms with Crippen molar-refractivity contribution >= 4 is 35.7 Å². The van der Waals surface area contributed by atoms with Gasteiger partial charge in [-0.15, -0.1) is 0 Å². The van der Waals surface area contributed by atoms with Crippen LogP contribution in [0.2, 0.25) is 0 Å². The first-order chi connectivity index (χ1) is 7.27. The summed E-state index contributed by atoms with van der Waals surface area (Å²) in [7, 11) is 1.95. The van der Waals surface area contributed by atoms with Crippen LogP contribution in [0.4, 0.5) is 8.78 Å². The molecule has 16 heavy (non-hydrogen) atoms. The Bertz CT molecular complexity index is 509. The Hall–Kier alpha value is -0.470. The summed E-state index contributed by atoms with van der Waals surface area (Å²) in [5.41, 5.74) is -0.756. The fourth-order valence-corrected chi connectivity index (χ4v) is 3.49. The van der Waals surface area contributed by atoms with Gasteiger partial charge in [-0.2, -0.15) is 0 Å². The third kappa shape index (κ3) is 2.80. The Morgan fingerprint density at radius 1 is 1.56 bits per heavy atom. The van der Waals surface area contributed by atoms with Gasteiger partial charge in [-0.1, -0.05) is 0 Å². The molecule has 0 saturated carbocycles. The zero-order valence-electron chi connectivity index (χ0n) is 7.75. The summed E-state index contributed by atoms with van der Waals surface area (Å²) in [6.45, 7) is 0. The molecule has 1 aromatic heterocycles. The highest BCUT2D eigenvalue weighted by atomic mass is 79.9. The minimum atomic E-state index is -4.31. The van der Waals surface area contributed by atoms with E-state index in [0.29, 0.717) is 0 Å². The highest BCUT2D eigenvalue weighted by molar-refractivity contribution is 9.10. The number of halogens is 4. The van der Waals surface area contributed by atoms with Gasteiger partial charge in [0.2, 0.25) is 5.88 Å². The number of pyridine rings is 1. The minimum Gasteiger partial charge on any atom is -0.481 e. The van der Waals surface area contributed by atoms with Gasteiger partial charge in [-0.3, -0.25) is 0 Å². The maximum absolute atomic E-state index is 12.6. The van der Waals surface area contributed by atoms with Gasteiger partial charge in [0.25, 0.3) is 15.5 Å². The molecule has 0 saturated heterocycles. The fourth-order valence-electron chi connectivity index (χ4n) is 1.01. The van der Waals surface area contributed by atoms with E-state index >= 15 is 0 Å². The van der Waals surface area contributed by atoms with Crippen molar-refractivity contribution in [3.63, 3.8) is 0 Å². The molecule has 0 amide bonds. The number of hydrogen-bond acceptors (Lipinski definition) is 4. The van der Waals surface area contributed by atoms with Crippen LogP contribution in [-0.2, 0) is 9.05 Å². The molecule has 0 aliphatic rings. The largest absolute Gasteiger partial charge is 0.481 e. The highest BCUT2D eigenvalue weighted by Gasteiger charge is 2.27. The van der Waals surface area contributed by atoms with Crippen molar-refractivity contribution in [2.24, 2.45) is 0 Å². The van der Waals surface area contributed by atoms with E-state index in [1.54, 1.807) is 0 Å². The van der Waals surface area contributed by atoms with Crippen LogP contribution in [0.1, 0.15) is 12.0 Å². The Morgan fingerprint density at radius 2 is 2.12 bits per heavy atom.